The summed E-state index contributed by atoms with van der Waals surface area (Å²) in [5.74, 6) is 0.510. The highest BCUT2D eigenvalue weighted by molar-refractivity contribution is 6.12. The molecule has 0 bridgehead atoms. The van der Waals surface area contributed by atoms with Crippen molar-refractivity contribution in [1.29, 1.82) is 0 Å². The maximum absolute atomic E-state index is 14.3. The molecule has 0 unspecified atom stereocenters. The summed E-state index contributed by atoms with van der Waals surface area (Å²) in [5, 5.41) is 2.09. The number of nitrogens with zero attached hydrogens (tertiary/aromatic N) is 5. The van der Waals surface area contributed by atoms with Crippen LogP contribution in [0.4, 0.5) is 26.3 Å². The van der Waals surface area contributed by atoms with Crippen molar-refractivity contribution in [3.63, 3.8) is 0 Å². The first-order valence-corrected chi connectivity index (χ1v) is 20.3. The second kappa shape index (κ2) is 14.8. The molecular formula is C53H31F6N5. The predicted molar refractivity (Wildman–Crippen MR) is 240 cm³/mol. The Kier molecular flexibility index (Phi) is 8.98. The molecule has 0 N–H and O–H groups in total. The van der Waals surface area contributed by atoms with Gasteiger partial charge in [-0.2, -0.15) is 26.3 Å². The summed E-state index contributed by atoms with van der Waals surface area (Å²) in [7, 11) is 0. The SMILES string of the molecule is FC(F)(F)c1ccc2c(c1)c1ccccc1n2-c1cnccc1-c1ccc(-c2cc(-c3ccccc3)nc(-c3ccccc3)n2)cc1-n1c2ccccc2c2cc(C(F)(F)F)ccc21. The molecule has 11 aromatic rings. The fourth-order valence-corrected chi connectivity index (χ4v) is 8.78. The van der Waals surface area contributed by atoms with Gasteiger partial charge in [-0.15, -0.1) is 0 Å². The van der Waals surface area contributed by atoms with E-state index in [0.29, 0.717) is 88.9 Å². The molecule has 0 radical (unpaired) electrons. The monoisotopic (exact) mass is 851 g/mol. The number of benzene rings is 7. The molecule has 0 amide bonds. The highest BCUT2D eigenvalue weighted by Gasteiger charge is 2.33. The summed E-state index contributed by atoms with van der Waals surface area (Å²) < 4.78 is 89.0. The van der Waals surface area contributed by atoms with Crippen LogP contribution in [0.3, 0.4) is 0 Å². The molecule has 7 aromatic carbocycles. The first-order valence-electron chi connectivity index (χ1n) is 20.3. The van der Waals surface area contributed by atoms with Crippen molar-refractivity contribution >= 4 is 43.6 Å². The highest BCUT2D eigenvalue weighted by atomic mass is 19.4. The quantitative estimate of drug-likeness (QED) is 0.157. The third-order valence-electron chi connectivity index (χ3n) is 11.7. The summed E-state index contributed by atoms with van der Waals surface area (Å²) in [6, 6.07) is 51.2. The van der Waals surface area contributed by atoms with E-state index in [1.807, 2.05) is 130 Å². The van der Waals surface area contributed by atoms with E-state index in [2.05, 4.69) is 4.98 Å². The van der Waals surface area contributed by atoms with Crippen LogP contribution in [0.15, 0.2) is 188 Å². The third-order valence-corrected chi connectivity index (χ3v) is 11.7. The molecule has 11 heteroatoms. The van der Waals surface area contributed by atoms with Crippen LogP contribution >= 0.6 is 0 Å². The van der Waals surface area contributed by atoms with Gasteiger partial charge in [0.1, 0.15) is 0 Å². The van der Waals surface area contributed by atoms with Crippen LogP contribution in [0.5, 0.6) is 0 Å². The van der Waals surface area contributed by atoms with E-state index in [0.717, 1.165) is 23.3 Å². The van der Waals surface area contributed by atoms with Gasteiger partial charge in [-0.1, -0.05) is 109 Å². The largest absolute Gasteiger partial charge is 0.416 e. The first-order chi connectivity index (χ1) is 31.0. The second-order valence-electron chi connectivity index (χ2n) is 15.5. The summed E-state index contributed by atoms with van der Waals surface area (Å²) in [5.41, 5.74) is 7.17. The lowest BCUT2D eigenvalue weighted by Crippen LogP contribution is -2.05. The lowest BCUT2D eigenvalue weighted by molar-refractivity contribution is -0.138. The Hall–Kier alpha value is -8.05. The van der Waals surface area contributed by atoms with Crippen LogP contribution in [-0.2, 0) is 12.4 Å². The van der Waals surface area contributed by atoms with Gasteiger partial charge in [0.25, 0.3) is 0 Å². The van der Waals surface area contributed by atoms with Crippen molar-refractivity contribution < 1.29 is 26.3 Å². The fraction of sp³-hybridized carbons (Fsp3) is 0.0377. The number of aromatic nitrogens is 5. The van der Waals surface area contributed by atoms with Crippen LogP contribution in [0, 0.1) is 0 Å². The molecule has 4 aromatic heterocycles. The van der Waals surface area contributed by atoms with Crippen molar-refractivity contribution in [2.24, 2.45) is 0 Å². The molecule has 11 rings (SSSR count). The van der Waals surface area contributed by atoms with Crippen molar-refractivity contribution in [3.8, 4) is 56.4 Å². The number of hydrogen-bond donors (Lipinski definition) is 0. The van der Waals surface area contributed by atoms with E-state index in [1.165, 1.54) is 24.3 Å². The van der Waals surface area contributed by atoms with Gasteiger partial charge in [0.2, 0.25) is 0 Å². The van der Waals surface area contributed by atoms with Gasteiger partial charge in [-0.3, -0.25) is 4.98 Å². The summed E-state index contributed by atoms with van der Waals surface area (Å²) >= 11 is 0. The molecular weight excluding hydrogens is 821 g/mol. The molecule has 0 aliphatic carbocycles. The van der Waals surface area contributed by atoms with Crippen LogP contribution < -0.4 is 0 Å². The minimum absolute atomic E-state index is 0.416. The van der Waals surface area contributed by atoms with Gasteiger partial charge >= 0.3 is 12.4 Å². The van der Waals surface area contributed by atoms with Gasteiger partial charge in [-0.25, -0.2) is 9.97 Å². The maximum atomic E-state index is 14.3. The van der Waals surface area contributed by atoms with E-state index >= 15 is 0 Å². The number of pyridine rings is 1. The summed E-state index contributed by atoms with van der Waals surface area (Å²) in [6.45, 7) is 0. The Balaban J connectivity index is 1.21. The van der Waals surface area contributed by atoms with E-state index in [4.69, 9.17) is 9.97 Å². The molecule has 4 heterocycles. The smallest absolute Gasteiger partial charge is 0.309 e. The highest BCUT2D eigenvalue weighted by Crippen LogP contribution is 2.44. The Morgan fingerprint density at radius 2 is 0.859 bits per heavy atom. The number of alkyl halides is 6. The third kappa shape index (κ3) is 6.55. The van der Waals surface area contributed by atoms with Crippen LogP contribution in [-0.4, -0.2) is 24.1 Å². The number of hydrogen-bond acceptors (Lipinski definition) is 3. The van der Waals surface area contributed by atoms with Crippen LogP contribution in [0.25, 0.3) is 100 Å². The zero-order valence-electron chi connectivity index (χ0n) is 33.4. The van der Waals surface area contributed by atoms with Gasteiger partial charge in [0, 0.05) is 55.6 Å². The van der Waals surface area contributed by atoms with Crippen molar-refractivity contribution in [1.82, 2.24) is 24.1 Å². The first kappa shape index (κ1) is 38.8. The number of fused-ring (bicyclic) bond motifs is 6. The average molecular weight is 852 g/mol. The Labute approximate surface area is 361 Å². The molecule has 0 saturated heterocycles. The lowest BCUT2D eigenvalue weighted by atomic mass is 9.98. The molecule has 0 fully saturated rings. The molecule has 0 aliphatic heterocycles. The molecule has 0 aliphatic rings. The van der Waals surface area contributed by atoms with Crippen molar-refractivity contribution in [2.75, 3.05) is 0 Å². The number of halogens is 6. The van der Waals surface area contributed by atoms with Gasteiger partial charge in [0.05, 0.1) is 62.2 Å². The minimum Gasteiger partial charge on any atom is -0.309 e. The molecule has 5 nitrogen and oxygen atoms in total. The van der Waals surface area contributed by atoms with E-state index in [9.17, 15) is 26.3 Å². The lowest BCUT2D eigenvalue weighted by Gasteiger charge is -2.19. The second-order valence-corrected chi connectivity index (χ2v) is 15.5. The maximum Gasteiger partial charge on any atom is 0.416 e. The molecule has 0 saturated carbocycles. The Morgan fingerprint density at radius 3 is 1.44 bits per heavy atom. The summed E-state index contributed by atoms with van der Waals surface area (Å²) in [4.78, 5) is 14.6. The molecule has 0 spiro atoms. The van der Waals surface area contributed by atoms with E-state index < -0.39 is 23.5 Å². The number of rotatable bonds is 6. The fourth-order valence-electron chi connectivity index (χ4n) is 8.78. The average Bonchev–Trinajstić information content (AvgIpc) is 3.83. The topological polar surface area (TPSA) is 48.5 Å². The minimum atomic E-state index is -4.57. The van der Waals surface area contributed by atoms with E-state index in [1.54, 1.807) is 30.6 Å². The van der Waals surface area contributed by atoms with Crippen LogP contribution in [0.2, 0.25) is 0 Å². The van der Waals surface area contributed by atoms with Crippen molar-refractivity contribution in [2.45, 2.75) is 12.4 Å². The van der Waals surface area contributed by atoms with Gasteiger partial charge in [0.15, 0.2) is 5.82 Å². The number of para-hydroxylation sites is 2. The molecule has 64 heavy (non-hydrogen) atoms. The van der Waals surface area contributed by atoms with Gasteiger partial charge in [-0.05, 0) is 66.7 Å². The van der Waals surface area contributed by atoms with Crippen molar-refractivity contribution in [3.05, 3.63) is 199 Å². The standard InChI is InChI=1S/C53H31F6N5/c54-52(55,56)35-20-23-47-41(28-35)37-15-7-9-17-45(37)63(47)49-27-34(44-30-43(32-11-3-1-4-12-32)61-51(62-44)33-13-5-2-6-14-33)19-22-39(49)40-25-26-60-31-50(40)64-46-18-10-8-16-38(46)42-29-36(53(57,58)59)21-24-48(42)64/h1-31H. The van der Waals surface area contributed by atoms with Crippen LogP contribution in [0.1, 0.15) is 11.1 Å². The Morgan fingerprint density at radius 1 is 0.375 bits per heavy atom. The Bertz CT molecular complexity index is 3530. The predicted octanol–water partition coefficient (Wildman–Crippen LogP) is 14.8. The zero-order valence-corrected chi connectivity index (χ0v) is 33.4. The van der Waals surface area contributed by atoms with E-state index in [-0.39, 0.29) is 0 Å². The normalized spacial score (nSPS) is 12.2. The molecule has 0 atom stereocenters. The summed E-state index contributed by atoms with van der Waals surface area (Å²) in [6.07, 6.45) is -5.79. The molecule has 310 valence electrons. The van der Waals surface area contributed by atoms with Gasteiger partial charge < -0.3 is 9.13 Å². The zero-order chi connectivity index (χ0) is 43.7.